The number of sulfonamides is 1. The minimum atomic E-state index is -4.74. The molecule has 0 saturated heterocycles. The van der Waals surface area contributed by atoms with E-state index >= 15 is 0 Å². The van der Waals surface area contributed by atoms with Crippen LogP contribution in [0.2, 0.25) is 0 Å². The minimum Gasteiger partial charge on any atom is -0.319 e. The number of halogens is 3. The van der Waals surface area contributed by atoms with Crippen molar-refractivity contribution in [2.45, 2.75) is 24.4 Å². The monoisotopic (exact) mass is 206 g/mol. The second kappa shape index (κ2) is 3.19. The van der Waals surface area contributed by atoms with Gasteiger partial charge in [-0.15, -0.1) is 0 Å². The van der Waals surface area contributed by atoms with E-state index in [1.54, 1.807) is 0 Å². The number of nitrogens with two attached hydrogens (primary N) is 2. The van der Waals surface area contributed by atoms with Gasteiger partial charge in [0, 0.05) is 0 Å². The van der Waals surface area contributed by atoms with E-state index in [-0.39, 0.29) is 0 Å². The zero-order chi connectivity index (χ0) is 10.2. The number of primary sulfonamides is 1. The SMILES string of the molecule is CC(C(N)C(F)(F)F)S(N)(=O)=O. The molecule has 4 N–H and O–H groups in total. The van der Waals surface area contributed by atoms with Gasteiger partial charge in [0.25, 0.3) is 0 Å². The summed E-state index contributed by atoms with van der Waals surface area (Å²) in [6.07, 6.45) is -4.74. The standard InChI is InChI=1S/C4H9F3N2O2S/c1-2(12(9,10)11)3(8)4(5,6)7/h2-3H,8H2,1H3,(H2,9,10,11). The number of hydrogen-bond donors (Lipinski definition) is 2. The average Bonchev–Trinajstić information content (AvgIpc) is 1.80. The van der Waals surface area contributed by atoms with Gasteiger partial charge < -0.3 is 5.73 Å². The van der Waals surface area contributed by atoms with E-state index in [4.69, 9.17) is 0 Å². The molecule has 0 rings (SSSR count). The molecule has 0 aromatic rings. The maximum absolute atomic E-state index is 11.8. The van der Waals surface area contributed by atoms with Gasteiger partial charge in [-0.2, -0.15) is 13.2 Å². The maximum Gasteiger partial charge on any atom is 0.404 e. The van der Waals surface area contributed by atoms with E-state index in [1.807, 2.05) is 0 Å². The molecule has 2 atom stereocenters. The number of rotatable bonds is 2. The van der Waals surface area contributed by atoms with Crippen LogP contribution in [0.1, 0.15) is 6.92 Å². The van der Waals surface area contributed by atoms with Crippen molar-refractivity contribution in [3.05, 3.63) is 0 Å². The first-order valence-corrected chi connectivity index (χ1v) is 4.51. The Bertz CT molecular complexity index is 248. The lowest BCUT2D eigenvalue weighted by Gasteiger charge is -2.20. The maximum atomic E-state index is 11.8. The number of alkyl halides is 3. The van der Waals surface area contributed by atoms with Crippen LogP contribution in [0.5, 0.6) is 0 Å². The van der Waals surface area contributed by atoms with Gasteiger partial charge in [0.1, 0.15) is 6.04 Å². The second-order valence-electron chi connectivity index (χ2n) is 2.36. The Morgan fingerprint density at radius 3 is 1.75 bits per heavy atom. The van der Waals surface area contributed by atoms with E-state index in [1.165, 1.54) is 0 Å². The Kier molecular flexibility index (Phi) is 3.10. The van der Waals surface area contributed by atoms with Crippen LogP contribution in [0.15, 0.2) is 0 Å². The fraction of sp³-hybridized carbons (Fsp3) is 1.00. The zero-order valence-electron chi connectivity index (χ0n) is 6.17. The van der Waals surface area contributed by atoms with E-state index in [2.05, 4.69) is 10.9 Å². The fourth-order valence-electron chi connectivity index (χ4n) is 0.470. The molecule has 0 saturated carbocycles. The van der Waals surface area contributed by atoms with Crippen molar-refractivity contribution in [3.63, 3.8) is 0 Å². The fourth-order valence-corrected chi connectivity index (χ4v) is 1.03. The van der Waals surface area contributed by atoms with Crippen LogP contribution < -0.4 is 10.9 Å². The zero-order valence-corrected chi connectivity index (χ0v) is 6.98. The summed E-state index contributed by atoms with van der Waals surface area (Å²) in [6.45, 7) is 0.813. The average molecular weight is 206 g/mol. The number of hydrogen-bond acceptors (Lipinski definition) is 3. The third kappa shape index (κ3) is 2.95. The Balaban J connectivity index is 4.64. The molecule has 8 heteroatoms. The molecule has 2 unspecified atom stereocenters. The third-order valence-corrected chi connectivity index (χ3v) is 2.73. The highest BCUT2D eigenvalue weighted by atomic mass is 32.2. The highest BCUT2D eigenvalue weighted by molar-refractivity contribution is 7.89. The molecule has 0 radical (unpaired) electrons. The predicted octanol–water partition coefficient (Wildman–Crippen LogP) is -0.447. The summed E-state index contributed by atoms with van der Waals surface area (Å²) < 4.78 is 56.2. The van der Waals surface area contributed by atoms with E-state index < -0.39 is 27.5 Å². The molecule has 0 aliphatic rings. The first kappa shape index (κ1) is 11.7. The molecule has 0 heterocycles. The van der Waals surface area contributed by atoms with Crippen molar-refractivity contribution in [2.24, 2.45) is 10.9 Å². The van der Waals surface area contributed by atoms with Crippen LogP contribution in [0.4, 0.5) is 13.2 Å². The molecule has 0 fully saturated rings. The third-order valence-electron chi connectivity index (χ3n) is 1.40. The van der Waals surface area contributed by atoms with Crippen molar-refractivity contribution in [2.75, 3.05) is 0 Å². The normalized spacial score (nSPS) is 18.8. The van der Waals surface area contributed by atoms with Crippen LogP contribution in [-0.4, -0.2) is 25.9 Å². The molecule has 74 valence electrons. The molecule has 4 nitrogen and oxygen atoms in total. The lowest BCUT2D eigenvalue weighted by atomic mass is 10.2. The summed E-state index contributed by atoms with van der Waals surface area (Å²) in [7, 11) is -4.23. The van der Waals surface area contributed by atoms with Crippen LogP contribution in [0.3, 0.4) is 0 Å². The molecule has 0 spiro atoms. The lowest BCUT2D eigenvalue weighted by molar-refractivity contribution is -0.147. The highest BCUT2D eigenvalue weighted by Gasteiger charge is 2.44. The Morgan fingerprint density at radius 1 is 1.33 bits per heavy atom. The van der Waals surface area contributed by atoms with Crippen molar-refractivity contribution in [3.8, 4) is 0 Å². The van der Waals surface area contributed by atoms with Crippen LogP contribution in [0.25, 0.3) is 0 Å². The molecule has 0 aliphatic carbocycles. The van der Waals surface area contributed by atoms with Crippen LogP contribution >= 0.6 is 0 Å². The Morgan fingerprint density at radius 2 is 1.67 bits per heavy atom. The van der Waals surface area contributed by atoms with Gasteiger partial charge in [-0.05, 0) is 6.92 Å². The first-order valence-electron chi connectivity index (χ1n) is 2.90. The highest BCUT2D eigenvalue weighted by Crippen LogP contribution is 2.22. The van der Waals surface area contributed by atoms with Gasteiger partial charge in [-0.1, -0.05) is 0 Å². The largest absolute Gasteiger partial charge is 0.404 e. The van der Waals surface area contributed by atoms with E-state index in [0.717, 1.165) is 6.92 Å². The summed E-state index contributed by atoms with van der Waals surface area (Å²) in [5.41, 5.74) is 4.60. The minimum absolute atomic E-state index is 0.813. The molecule has 0 aromatic heterocycles. The summed E-state index contributed by atoms with van der Waals surface area (Å²) >= 11 is 0. The van der Waals surface area contributed by atoms with Crippen LogP contribution in [0, 0.1) is 0 Å². The molecule has 0 aliphatic heterocycles. The molecule has 0 amide bonds. The van der Waals surface area contributed by atoms with Gasteiger partial charge in [-0.25, -0.2) is 13.6 Å². The van der Waals surface area contributed by atoms with Crippen molar-refractivity contribution >= 4 is 10.0 Å². The smallest absolute Gasteiger partial charge is 0.319 e. The lowest BCUT2D eigenvalue weighted by Crippen LogP contribution is -2.50. The van der Waals surface area contributed by atoms with Crippen molar-refractivity contribution in [1.29, 1.82) is 0 Å². The van der Waals surface area contributed by atoms with Gasteiger partial charge in [-0.3, -0.25) is 0 Å². The molecular formula is C4H9F3N2O2S. The summed E-state index contributed by atoms with van der Waals surface area (Å²) in [6, 6.07) is -2.44. The van der Waals surface area contributed by atoms with E-state index in [0.29, 0.717) is 0 Å². The molecule has 12 heavy (non-hydrogen) atoms. The Hall–Kier alpha value is -0.340. The van der Waals surface area contributed by atoms with Gasteiger partial charge in [0.15, 0.2) is 0 Å². The molecule has 0 bridgehead atoms. The van der Waals surface area contributed by atoms with Gasteiger partial charge in [0.05, 0.1) is 5.25 Å². The van der Waals surface area contributed by atoms with Crippen LogP contribution in [-0.2, 0) is 10.0 Å². The second-order valence-corrected chi connectivity index (χ2v) is 4.28. The summed E-state index contributed by atoms with van der Waals surface area (Å²) in [5, 5.41) is 2.65. The molecule has 0 aromatic carbocycles. The van der Waals surface area contributed by atoms with Gasteiger partial charge in [0.2, 0.25) is 10.0 Å². The molecular weight excluding hydrogens is 197 g/mol. The summed E-state index contributed by atoms with van der Waals surface area (Å²) in [4.78, 5) is 0. The predicted molar refractivity (Wildman–Crippen MR) is 36.6 cm³/mol. The summed E-state index contributed by atoms with van der Waals surface area (Å²) in [5.74, 6) is 0. The first-order chi connectivity index (χ1) is 5.07. The van der Waals surface area contributed by atoms with Crippen molar-refractivity contribution in [1.82, 2.24) is 0 Å². The van der Waals surface area contributed by atoms with Gasteiger partial charge >= 0.3 is 6.18 Å². The van der Waals surface area contributed by atoms with Crippen molar-refractivity contribution < 1.29 is 21.6 Å². The quantitative estimate of drug-likeness (QED) is 0.641. The topological polar surface area (TPSA) is 86.2 Å². The Labute approximate surface area is 67.8 Å². The van der Waals surface area contributed by atoms with E-state index in [9.17, 15) is 21.6 Å².